The van der Waals surface area contributed by atoms with Gasteiger partial charge >= 0.3 is 0 Å². The van der Waals surface area contributed by atoms with Gasteiger partial charge in [-0.25, -0.2) is 0 Å². The van der Waals surface area contributed by atoms with Gasteiger partial charge in [-0.1, -0.05) is 0 Å². The third-order valence-electron chi connectivity index (χ3n) is 3.36. The quantitative estimate of drug-likeness (QED) is 0.717. The largest absolute Gasteiger partial charge is 0.378 e. The Labute approximate surface area is 81.0 Å². The maximum absolute atomic E-state index is 5.85. The van der Waals surface area contributed by atoms with Crippen LogP contribution < -0.4 is 5.32 Å². The Kier molecular flexibility index (Phi) is 3.23. The van der Waals surface area contributed by atoms with Crippen molar-refractivity contribution in [2.75, 3.05) is 20.2 Å². The van der Waals surface area contributed by atoms with Gasteiger partial charge in [0.05, 0.1) is 6.10 Å². The van der Waals surface area contributed by atoms with Crippen LogP contribution in [0.25, 0.3) is 0 Å². The molecular formula is C11H21NO. The number of hydrogen-bond donors (Lipinski definition) is 1. The molecule has 1 heterocycles. The van der Waals surface area contributed by atoms with E-state index in [0.717, 1.165) is 25.0 Å². The Hall–Kier alpha value is -0.0800. The summed E-state index contributed by atoms with van der Waals surface area (Å²) in [5, 5.41) is 3.31. The molecule has 2 fully saturated rings. The lowest BCUT2D eigenvalue weighted by Crippen LogP contribution is -2.35. The summed E-state index contributed by atoms with van der Waals surface area (Å²) in [7, 11) is 2.05. The van der Waals surface area contributed by atoms with E-state index < -0.39 is 0 Å². The zero-order chi connectivity index (χ0) is 9.10. The van der Waals surface area contributed by atoms with E-state index in [4.69, 9.17) is 4.74 Å². The van der Waals surface area contributed by atoms with E-state index in [2.05, 4.69) is 12.4 Å². The average molecular weight is 183 g/mol. The fraction of sp³-hybridized carbons (Fsp3) is 1.00. The molecule has 0 aromatic heterocycles. The summed E-state index contributed by atoms with van der Waals surface area (Å²) < 4.78 is 5.85. The van der Waals surface area contributed by atoms with Gasteiger partial charge in [0.25, 0.3) is 0 Å². The molecule has 2 heteroatoms. The number of ether oxygens (including phenoxy) is 1. The van der Waals surface area contributed by atoms with E-state index in [1.54, 1.807) is 0 Å². The van der Waals surface area contributed by atoms with Gasteiger partial charge in [0.15, 0.2) is 0 Å². The molecule has 1 saturated heterocycles. The second kappa shape index (κ2) is 4.43. The van der Waals surface area contributed by atoms with Crippen LogP contribution >= 0.6 is 0 Å². The Bertz CT molecular complexity index is 150. The van der Waals surface area contributed by atoms with Crippen molar-refractivity contribution in [1.29, 1.82) is 0 Å². The Morgan fingerprint density at radius 2 is 2.15 bits per heavy atom. The molecule has 2 nitrogen and oxygen atoms in total. The van der Waals surface area contributed by atoms with Crippen LogP contribution in [0.5, 0.6) is 0 Å². The van der Waals surface area contributed by atoms with E-state index in [1.165, 1.54) is 32.1 Å². The summed E-state index contributed by atoms with van der Waals surface area (Å²) in [6, 6.07) is 0. The molecule has 1 saturated carbocycles. The molecule has 0 aromatic rings. The van der Waals surface area contributed by atoms with Gasteiger partial charge in [0, 0.05) is 19.1 Å². The van der Waals surface area contributed by atoms with Gasteiger partial charge in [-0.15, -0.1) is 0 Å². The monoisotopic (exact) mass is 183 g/mol. The highest BCUT2D eigenvalue weighted by Gasteiger charge is 2.36. The van der Waals surface area contributed by atoms with Crippen LogP contribution in [0.4, 0.5) is 0 Å². The normalized spacial score (nSPS) is 31.6. The molecular weight excluding hydrogens is 162 g/mol. The third kappa shape index (κ3) is 2.44. The average Bonchev–Trinajstić information content (AvgIpc) is 2.99. The summed E-state index contributed by atoms with van der Waals surface area (Å²) in [4.78, 5) is 0. The number of hydrogen-bond acceptors (Lipinski definition) is 2. The van der Waals surface area contributed by atoms with Crippen LogP contribution in [0.3, 0.4) is 0 Å². The van der Waals surface area contributed by atoms with Gasteiger partial charge in [-0.05, 0) is 45.1 Å². The summed E-state index contributed by atoms with van der Waals surface area (Å²) in [6.07, 6.45) is 7.38. The lowest BCUT2D eigenvalue weighted by molar-refractivity contribution is -0.0261. The Morgan fingerprint density at radius 3 is 2.69 bits per heavy atom. The van der Waals surface area contributed by atoms with E-state index in [-0.39, 0.29) is 0 Å². The van der Waals surface area contributed by atoms with Crippen molar-refractivity contribution in [3.8, 4) is 0 Å². The Balaban J connectivity index is 1.84. The fourth-order valence-corrected chi connectivity index (χ4v) is 2.47. The first-order valence-corrected chi connectivity index (χ1v) is 5.68. The van der Waals surface area contributed by atoms with Crippen LogP contribution in [-0.2, 0) is 4.74 Å². The molecule has 1 N–H and O–H groups in total. The zero-order valence-electron chi connectivity index (χ0n) is 8.59. The summed E-state index contributed by atoms with van der Waals surface area (Å²) in [5.41, 5.74) is 0. The number of rotatable bonds is 4. The third-order valence-corrected chi connectivity index (χ3v) is 3.36. The first-order chi connectivity index (χ1) is 6.42. The minimum atomic E-state index is 0.564. The maximum atomic E-state index is 5.85. The zero-order valence-corrected chi connectivity index (χ0v) is 8.59. The molecule has 13 heavy (non-hydrogen) atoms. The molecule has 1 aliphatic carbocycles. The molecule has 2 aliphatic rings. The predicted molar refractivity (Wildman–Crippen MR) is 53.7 cm³/mol. The molecule has 0 aromatic carbocycles. The van der Waals surface area contributed by atoms with Crippen molar-refractivity contribution in [2.24, 2.45) is 11.8 Å². The summed E-state index contributed by atoms with van der Waals surface area (Å²) in [5.74, 6) is 1.76. The van der Waals surface area contributed by atoms with Gasteiger partial charge < -0.3 is 10.1 Å². The predicted octanol–water partition coefficient (Wildman–Crippen LogP) is 1.80. The van der Waals surface area contributed by atoms with E-state index in [9.17, 15) is 0 Å². The molecule has 0 spiro atoms. The van der Waals surface area contributed by atoms with E-state index in [1.807, 2.05) is 0 Å². The van der Waals surface area contributed by atoms with Crippen LogP contribution in [0.1, 0.15) is 32.1 Å². The van der Waals surface area contributed by atoms with Crippen molar-refractivity contribution in [1.82, 2.24) is 5.32 Å². The highest BCUT2D eigenvalue weighted by atomic mass is 16.5. The number of nitrogens with one attached hydrogen (secondary N) is 1. The molecule has 0 amide bonds. The first kappa shape index (κ1) is 9.47. The standard InChI is InChI=1S/C11H21NO/c1-12-8-10(9-5-6-9)11-4-2-3-7-13-11/h9-12H,2-8H2,1H3. The molecule has 2 atom stereocenters. The van der Waals surface area contributed by atoms with Crippen molar-refractivity contribution >= 4 is 0 Å². The minimum absolute atomic E-state index is 0.564. The molecule has 76 valence electrons. The second-order valence-corrected chi connectivity index (χ2v) is 4.46. The van der Waals surface area contributed by atoms with Crippen molar-refractivity contribution in [3.63, 3.8) is 0 Å². The minimum Gasteiger partial charge on any atom is -0.378 e. The van der Waals surface area contributed by atoms with Gasteiger partial charge in [0.2, 0.25) is 0 Å². The van der Waals surface area contributed by atoms with Crippen LogP contribution in [0.2, 0.25) is 0 Å². The summed E-state index contributed by atoms with van der Waals surface area (Å²) in [6.45, 7) is 2.15. The topological polar surface area (TPSA) is 21.3 Å². The molecule has 0 bridgehead atoms. The van der Waals surface area contributed by atoms with Crippen molar-refractivity contribution in [2.45, 2.75) is 38.2 Å². The fourth-order valence-electron chi connectivity index (χ4n) is 2.47. The first-order valence-electron chi connectivity index (χ1n) is 5.68. The molecule has 2 unspecified atom stereocenters. The van der Waals surface area contributed by atoms with Gasteiger partial charge in [-0.2, -0.15) is 0 Å². The van der Waals surface area contributed by atoms with Crippen LogP contribution in [0.15, 0.2) is 0 Å². The van der Waals surface area contributed by atoms with Gasteiger partial charge in [0.1, 0.15) is 0 Å². The van der Waals surface area contributed by atoms with E-state index >= 15 is 0 Å². The smallest absolute Gasteiger partial charge is 0.0618 e. The molecule has 1 aliphatic heterocycles. The second-order valence-electron chi connectivity index (χ2n) is 4.46. The van der Waals surface area contributed by atoms with Crippen LogP contribution in [-0.4, -0.2) is 26.3 Å². The SMILES string of the molecule is CNCC(C1CC1)C1CCCCO1. The van der Waals surface area contributed by atoms with Crippen molar-refractivity contribution < 1.29 is 4.74 Å². The van der Waals surface area contributed by atoms with Gasteiger partial charge in [-0.3, -0.25) is 0 Å². The highest BCUT2D eigenvalue weighted by molar-refractivity contribution is 4.88. The van der Waals surface area contributed by atoms with Crippen LogP contribution in [0, 0.1) is 11.8 Å². The highest BCUT2D eigenvalue weighted by Crippen LogP contribution is 2.40. The Morgan fingerprint density at radius 1 is 1.31 bits per heavy atom. The molecule has 0 radical (unpaired) electrons. The lowest BCUT2D eigenvalue weighted by Gasteiger charge is -2.30. The van der Waals surface area contributed by atoms with E-state index in [0.29, 0.717) is 6.10 Å². The lowest BCUT2D eigenvalue weighted by atomic mass is 9.91. The van der Waals surface area contributed by atoms with Crippen molar-refractivity contribution in [3.05, 3.63) is 0 Å². The molecule has 2 rings (SSSR count). The maximum Gasteiger partial charge on any atom is 0.0618 e. The summed E-state index contributed by atoms with van der Waals surface area (Å²) >= 11 is 0.